The molecule has 2 rings (SSSR count). The second-order valence-corrected chi connectivity index (χ2v) is 3.84. The van der Waals surface area contributed by atoms with Gasteiger partial charge in [0.05, 0.1) is 5.69 Å². The number of halogens is 1. The molecule has 0 aliphatic carbocycles. The molecule has 15 heavy (non-hydrogen) atoms. The molecule has 0 fully saturated rings. The van der Waals surface area contributed by atoms with Crippen LogP contribution in [0.4, 0.5) is 0 Å². The average Bonchev–Trinajstić information content (AvgIpc) is 2.29. The molecule has 2 aromatic heterocycles. The Morgan fingerprint density at radius 1 is 1.07 bits per heavy atom. The van der Waals surface area contributed by atoms with E-state index in [1.165, 1.54) is 0 Å². The highest BCUT2D eigenvalue weighted by molar-refractivity contribution is 9.10. The zero-order valence-corrected chi connectivity index (χ0v) is 9.55. The van der Waals surface area contributed by atoms with Crippen molar-refractivity contribution in [3.05, 3.63) is 58.6 Å². The second-order valence-electron chi connectivity index (χ2n) is 2.99. The van der Waals surface area contributed by atoms with Gasteiger partial charge in [-0.15, -0.1) is 0 Å². The van der Waals surface area contributed by atoms with Gasteiger partial charge in [-0.05, 0) is 45.8 Å². The molecule has 0 aromatic carbocycles. The van der Waals surface area contributed by atoms with Crippen LogP contribution < -0.4 is 0 Å². The normalized spacial score (nSPS) is 10.7. The standard InChI is InChI=1S/C12H9BrN2/c13-12-9-14-8-6-10(12)4-5-11-3-1-2-7-15-11/h1-9H/b5-4+. The molecule has 0 saturated heterocycles. The van der Waals surface area contributed by atoms with Crippen LogP contribution in [-0.4, -0.2) is 9.97 Å². The summed E-state index contributed by atoms with van der Waals surface area (Å²) in [5, 5.41) is 0. The van der Waals surface area contributed by atoms with Gasteiger partial charge in [0.25, 0.3) is 0 Å². The number of hydrogen-bond donors (Lipinski definition) is 0. The van der Waals surface area contributed by atoms with Crippen LogP contribution >= 0.6 is 15.9 Å². The van der Waals surface area contributed by atoms with Crippen molar-refractivity contribution >= 4 is 28.1 Å². The average molecular weight is 261 g/mol. The minimum absolute atomic E-state index is 0.946. The Labute approximate surface area is 96.8 Å². The Morgan fingerprint density at radius 2 is 2.00 bits per heavy atom. The molecule has 0 aliphatic rings. The fraction of sp³-hybridized carbons (Fsp3) is 0. The van der Waals surface area contributed by atoms with Crippen molar-refractivity contribution in [3.8, 4) is 0 Å². The molecule has 0 bridgehead atoms. The summed E-state index contributed by atoms with van der Waals surface area (Å²) in [6, 6.07) is 7.78. The van der Waals surface area contributed by atoms with Gasteiger partial charge in [-0.3, -0.25) is 9.97 Å². The van der Waals surface area contributed by atoms with E-state index in [1.54, 1.807) is 18.6 Å². The minimum atomic E-state index is 0.946. The van der Waals surface area contributed by atoms with E-state index in [-0.39, 0.29) is 0 Å². The Morgan fingerprint density at radius 3 is 2.73 bits per heavy atom. The van der Waals surface area contributed by atoms with Crippen molar-refractivity contribution in [1.82, 2.24) is 9.97 Å². The first-order valence-corrected chi connectivity index (χ1v) is 5.34. The van der Waals surface area contributed by atoms with Gasteiger partial charge >= 0.3 is 0 Å². The van der Waals surface area contributed by atoms with Crippen LogP contribution in [0.5, 0.6) is 0 Å². The maximum Gasteiger partial charge on any atom is 0.0629 e. The van der Waals surface area contributed by atoms with E-state index in [0.29, 0.717) is 0 Å². The minimum Gasteiger partial charge on any atom is -0.264 e. The molecule has 0 unspecified atom stereocenters. The van der Waals surface area contributed by atoms with Crippen LogP contribution in [0.25, 0.3) is 12.2 Å². The van der Waals surface area contributed by atoms with Gasteiger partial charge in [-0.1, -0.05) is 12.1 Å². The van der Waals surface area contributed by atoms with Gasteiger partial charge in [0, 0.05) is 23.1 Å². The molecule has 0 amide bonds. The molecule has 0 atom stereocenters. The van der Waals surface area contributed by atoms with Crippen LogP contribution in [0.3, 0.4) is 0 Å². The molecule has 2 nitrogen and oxygen atoms in total. The molecular weight excluding hydrogens is 252 g/mol. The quantitative estimate of drug-likeness (QED) is 0.827. The highest BCUT2D eigenvalue weighted by Gasteiger charge is 1.93. The molecule has 74 valence electrons. The van der Waals surface area contributed by atoms with Gasteiger partial charge in [0.1, 0.15) is 0 Å². The van der Waals surface area contributed by atoms with E-state index in [2.05, 4.69) is 25.9 Å². The predicted octanol–water partition coefficient (Wildman–Crippen LogP) is 3.41. The van der Waals surface area contributed by atoms with Crippen molar-refractivity contribution in [2.45, 2.75) is 0 Å². The molecule has 0 radical (unpaired) electrons. The third-order valence-corrected chi connectivity index (χ3v) is 2.59. The Kier molecular flexibility index (Phi) is 3.25. The van der Waals surface area contributed by atoms with Gasteiger partial charge < -0.3 is 0 Å². The van der Waals surface area contributed by atoms with E-state index >= 15 is 0 Å². The smallest absolute Gasteiger partial charge is 0.0629 e. The van der Waals surface area contributed by atoms with Crippen molar-refractivity contribution < 1.29 is 0 Å². The van der Waals surface area contributed by atoms with E-state index in [9.17, 15) is 0 Å². The SMILES string of the molecule is Brc1cnccc1/C=C/c1ccccn1. The largest absolute Gasteiger partial charge is 0.264 e. The zero-order valence-electron chi connectivity index (χ0n) is 7.97. The number of nitrogens with zero attached hydrogens (tertiary/aromatic N) is 2. The lowest BCUT2D eigenvalue weighted by molar-refractivity contribution is 1.29. The monoisotopic (exact) mass is 260 g/mol. The fourth-order valence-electron chi connectivity index (χ4n) is 1.17. The third kappa shape index (κ3) is 2.73. The Bertz CT molecular complexity index is 466. The number of aromatic nitrogens is 2. The zero-order chi connectivity index (χ0) is 10.5. The maximum absolute atomic E-state index is 4.21. The summed E-state index contributed by atoms with van der Waals surface area (Å²) in [5.41, 5.74) is 2.04. The highest BCUT2D eigenvalue weighted by Crippen LogP contribution is 2.16. The van der Waals surface area contributed by atoms with Crippen LogP contribution in [0.1, 0.15) is 11.3 Å². The number of rotatable bonds is 2. The van der Waals surface area contributed by atoms with E-state index in [4.69, 9.17) is 0 Å². The van der Waals surface area contributed by atoms with E-state index in [0.717, 1.165) is 15.7 Å². The van der Waals surface area contributed by atoms with Crippen molar-refractivity contribution in [3.63, 3.8) is 0 Å². The lowest BCUT2D eigenvalue weighted by Gasteiger charge is -1.96. The summed E-state index contributed by atoms with van der Waals surface area (Å²) in [5.74, 6) is 0. The molecule has 0 N–H and O–H groups in total. The second kappa shape index (κ2) is 4.84. The summed E-state index contributed by atoms with van der Waals surface area (Å²) in [6.07, 6.45) is 9.30. The Balaban J connectivity index is 2.23. The maximum atomic E-state index is 4.21. The predicted molar refractivity (Wildman–Crippen MR) is 65.1 cm³/mol. The summed E-state index contributed by atoms with van der Waals surface area (Å²) in [6.45, 7) is 0. The first-order valence-electron chi connectivity index (χ1n) is 4.55. The first-order chi connectivity index (χ1) is 7.36. The van der Waals surface area contributed by atoms with Crippen LogP contribution in [0.2, 0.25) is 0 Å². The topological polar surface area (TPSA) is 25.8 Å². The Hall–Kier alpha value is -1.48. The number of hydrogen-bond acceptors (Lipinski definition) is 2. The lowest BCUT2D eigenvalue weighted by atomic mass is 10.2. The fourth-order valence-corrected chi connectivity index (χ4v) is 1.55. The van der Waals surface area contributed by atoms with Gasteiger partial charge in [-0.25, -0.2) is 0 Å². The van der Waals surface area contributed by atoms with Crippen LogP contribution in [0.15, 0.2) is 47.3 Å². The van der Waals surface area contributed by atoms with E-state index in [1.807, 2.05) is 36.4 Å². The number of pyridine rings is 2. The summed E-state index contributed by atoms with van der Waals surface area (Å²) in [4.78, 5) is 8.21. The van der Waals surface area contributed by atoms with Gasteiger partial charge in [0.15, 0.2) is 0 Å². The first kappa shape index (κ1) is 10.1. The molecule has 2 aromatic rings. The highest BCUT2D eigenvalue weighted by atomic mass is 79.9. The summed E-state index contributed by atoms with van der Waals surface area (Å²) in [7, 11) is 0. The molecular formula is C12H9BrN2. The van der Waals surface area contributed by atoms with Crippen molar-refractivity contribution in [2.75, 3.05) is 0 Å². The van der Waals surface area contributed by atoms with Crippen LogP contribution in [-0.2, 0) is 0 Å². The molecule has 0 saturated carbocycles. The lowest BCUT2D eigenvalue weighted by Crippen LogP contribution is -1.79. The van der Waals surface area contributed by atoms with Crippen molar-refractivity contribution in [1.29, 1.82) is 0 Å². The summed E-state index contributed by atoms with van der Waals surface area (Å²) < 4.78 is 0.984. The van der Waals surface area contributed by atoms with Crippen molar-refractivity contribution in [2.24, 2.45) is 0 Å². The van der Waals surface area contributed by atoms with Gasteiger partial charge in [0.2, 0.25) is 0 Å². The van der Waals surface area contributed by atoms with Gasteiger partial charge in [-0.2, -0.15) is 0 Å². The molecule has 3 heteroatoms. The molecule has 0 spiro atoms. The molecule has 0 aliphatic heterocycles. The summed E-state index contributed by atoms with van der Waals surface area (Å²) >= 11 is 3.44. The third-order valence-electron chi connectivity index (χ3n) is 1.93. The molecule has 2 heterocycles. The van der Waals surface area contributed by atoms with Crippen LogP contribution in [0, 0.1) is 0 Å². The van der Waals surface area contributed by atoms with E-state index < -0.39 is 0 Å².